The van der Waals surface area contributed by atoms with E-state index in [0.717, 1.165) is 5.56 Å². The van der Waals surface area contributed by atoms with Gasteiger partial charge in [0.1, 0.15) is 0 Å². The number of anilines is 1. The first-order valence-corrected chi connectivity index (χ1v) is 6.74. The molecule has 1 unspecified atom stereocenters. The summed E-state index contributed by atoms with van der Waals surface area (Å²) in [5.41, 5.74) is 1.63. The van der Waals surface area contributed by atoms with Crippen LogP contribution in [0.15, 0.2) is 60.7 Å². The van der Waals surface area contributed by atoms with Crippen LogP contribution in [0.3, 0.4) is 0 Å². The minimum atomic E-state index is -0.228. The van der Waals surface area contributed by atoms with Crippen molar-refractivity contribution in [3.8, 4) is 0 Å². The Morgan fingerprint density at radius 2 is 1.45 bits per heavy atom. The van der Waals surface area contributed by atoms with Gasteiger partial charge in [0, 0.05) is 6.42 Å². The molecule has 1 heterocycles. The number of imide groups is 1. The monoisotopic (exact) mass is 265 g/mol. The number of rotatable bonds is 2. The zero-order valence-electron chi connectivity index (χ0n) is 11.0. The van der Waals surface area contributed by atoms with E-state index in [1.165, 1.54) is 4.90 Å². The minimum Gasteiger partial charge on any atom is -0.274 e. The molecule has 3 nitrogen and oxygen atoms in total. The molecular weight excluding hydrogens is 250 g/mol. The normalized spacial score (nSPS) is 19.2. The molecule has 1 atom stereocenters. The van der Waals surface area contributed by atoms with E-state index in [2.05, 4.69) is 0 Å². The Morgan fingerprint density at radius 3 is 2.10 bits per heavy atom. The maximum absolute atomic E-state index is 12.6. The fraction of sp³-hybridized carbons (Fsp3) is 0.176. The molecule has 0 saturated carbocycles. The minimum absolute atomic E-state index is 0.117. The largest absolute Gasteiger partial charge is 0.274 e. The highest BCUT2D eigenvalue weighted by molar-refractivity contribution is 6.18. The van der Waals surface area contributed by atoms with Crippen LogP contribution in [0.2, 0.25) is 0 Å². The third-order valence-electron chi connectivity index (χ3n) is 3.63. The first-order valence-electron chi connectivity index (χ1n) is 6.74. The first kappa shape index (κ1) is 12.6. The third kappa shape index (κ3) is 2.23. The summed E-state index contributed by atoms with van der Waals surface area (Å²) >= 11 is 0. The van der Waals surface area contributed by atoms with E-state index in [4.69, 9.17) is 0 Å². The van der Waals surface area contributed by atoms with Crippen LogP contribution < -0.4 is 4.90 Å². The third-order valence-corrected chi connectivity index (χ3v) is 3.63. The molecule has 1 saturated heterocycles. The summed E-state index contributed by atoms with van der Waals surface area (Å²) in [6, 6.07) is 18.8. The van der Waals surface area contributed by atoms with Gasteiger partial charge in [-0.2, -0.15) is 0 Å². The van der Waals surface area contributed by atoms with Crippen molar-refractivity contribution in [1.82, 2.24) is 0 Å². The van der Waals surface area contributed by atoms with Crippen molar-refractivity contribution in [2.45, 2.75) is 18.8 Å². The van der Waals surface area contributed by atoms with E-state index in [9.17, 15) is 9.59 Å². The molecule has 0 aliphatic carbocycles. The lowest BCUT2D eigenvalue weighted by Gasteiger charge is -2.30. The molecule has 2 aromatic carbocycles. The van der Waals surface area contributed by atoms with Crippen LogP contribution >= 0.6 is 0 Å². The molecule has 0 N–H and O–H groups in total. The van der Waals surface area contributed by atoms with Gasteiger partial charge in [0.05, 0.1) is 11.6 Å². The van der Waals surface area contributed by atoms with Gasteiger partial charge in [-0.15, -0.1) is 0 Å². The van der Waals surface area contributed by atoms with E-state index < -0.39 is 0 Å². The molecule has 2 aromatic rings. The molecule has 100 valence electrons. The van der Waals surface area contributed by atoms with E-state index in [0.29, 0.717) is 18.5 Å². The number of benzene rings is 2. The van der Waals surface area contributed by atoms with Gasteiger partial charge >= 0.3 is 0 Å². The maximum atomic E-state index is 12.6. The smallest absolute Gasteiger partial charge is 0.241 e. The first-order chi connectivity index (χ1) is 9.77. The summed E-state index contributed by atoms with van der Waals surface area (Å²) < 4.78 is 0. The van der Waals surface area contributed by atoms with Crippen LogP contribution in [-0.2, 0) is 9.59 Å². The Labute approximate surface area is 117 Å². The number of para-hydroxylation sites is 1. The molecule has 0 bridgehead atoms. The number of nitrogens with zero attached hydrogens (tertiary/aromatic N) is 1. The van der Waals surface area contributed by atoms with Crippen LogP contribution in [-0.4, -0.2) is 11.8 Å². The number of amides is 2. The molecular formula is C17H15NO2. The van der Waals surface area contributed by atoms with Crippen molar-refractivity contribution in [3.05, 3.63) is 66.2 Å². The second-order valence-corrected chi connectivity index (χ2v) is 4.90. The summed E-state index contributed by atoms with van der Waals surface area (Å²) in [6.07, 6.45) is 0.991. The molecule has 3 rings (SSSR count). The zero-order valence-corrected chi connectivity index (χ0v) is 11.0. The number of carbonyl (C=O) groups is 2. The lowest BCUT2D eigenvalue weighted by atomic mass is 9.89. The fourth-order valence-corrected chi connectivity index (χ4v) is 2.62. The average molecular weight is 265 g/mol. The van der Waals surface area contributed by atoms with E-state index in [1.54, 1.807) is 12.1 Å². The fourth-order valence-electron chi connectivity index (χ4n) is 2.62. The quantitative estimate of drug-likeness (QED) is 0.782. The highest BCUT2D eigenvalue weighted by Crippen LogP contribution is 2.31. The van der Waals surface area contributed by atoms with E-state index in [-0.39, 0.29) is 17.7 Å². The second-order valence-electron chi connectivity index (χ2n) is 4.90. The van der Waals surface area contributed by atoms with Crippen LogP contribution in [0.1, 0.15) is 24.3 Å². The number of carbonyl (C=O) groups excluding carboxylic acids is 2. The van der Waals surface area contributed by atoms with Crippen molar-refractivity contribution >= 4 is 17.5 Å². The standard InChI is InChI=1S/C17H15NO2/c19-16-12-11-15(13-7-3-1-4-8-13)17(20)18(16)14-9-5-2-6-10-14/h1-10,15H,11-12H2. The van der Waals surface area contributed by atoms with Gasteiger partial charge in [-0.05, 0) is 24.1 Å². The average Bonchev–Trinajstić information content (AvgIpc) is 2.49. The summed E-state index contributed by atoms with van der Waals surface area (Å²) in [7, 11) is 0. The van der Waals surface area contributed by atoms with Gasteiger partial charge in [-0.25, -0.2) is 0 Å². The second kappa shape index (κ2) is 5.29. The lowest BCUT2D eigenvalue weighted by Crippen LogP contribution is -2.44. The van der Waals surface area contributed by atoms with Gasteiger partial charge < -0.3 is 0 Å². The molecule has 20 heavy (non-hydrogen) atoms. The molecule has 2 amide bonds. The van der Waals surface area contributed by atoms with Crippen LogP contribution in [0, 0.1) is 0 Å². The highest BCUT2D eigenvalue weighted by atomic mass is 16.2. The number of piperidine rings is 1. The van der Waals surface area contributed by atoms with Crippen molar-refractivity contribution < 1.29 is 9.59 Å². The molecule has 3 heteroatoms. The van der Waals surface area contributed by atoms with Crippen LogP contribution in [0.4, 0.5) is 5.69 Å². The van der Waals surface area contributed by atoms with Crippen molar-refractivity contribution in [3.63, 3.8) is 0 Å². The Hall–Kier alpha value is -2.42. The van der Waals surface area contributed by atoms with E-state index in [1.807, 2.05) is 48.5 Å². The molecule has 1 aliphatic rings. The van der Waals surface area contributed by atoms with Gasteiger partial charge in [-0.1, -0.05) is 48.5 Å². The lowest BCUT2D eigenvalue weighted by molar-refractivity contribution is -0.130. The Balaban J connectivity index is 1.95. The topological polar surface area (TPSA) is 37.4 Å². The summed E-state index contributed by atoms with van der Waals surface area (Å²) in [4.78, 5) is 26.0. The Kier molecular flexibility index (Phi) is 3.33. The molecule has 1 fully saturated rings. The van der Waals surface area contributed by atoms with Crippen molar-refractivity contribution in [1.29, 1.82) is 0 Å². The van der Waals surface area contributed by atoms with Gasteiger partial charge in [0.2, 0.25) is 11.8 Å². The van der Waals surface area contributed by atoms with Gasteiger partial charge in [-0.3, -0.25) is 14.5 Å². The van der Waals surface area contributed by atoms with Crippen molar-refractivity contribution in [2.24, 2.45) is 0 Å². The highest BCUT2D eigenvalue weighted by Gasteiger charge is 2.35. The number of hydrogen-bond acceptors (Lipinski definition) is 2. The SMILES string of the molecule is O=C1CCC(c2ccccc2)C(=O)N1c1ccccc1. The predicted octanol–water partition coefficient (Wildman–Crippen LogP) is 3.12. The summed E-state index contributed by atoms with van der Waals surface area (Å²) in [5.74, 6) is -0.471. The Morgan fingerprint density at radius 1 is 0.850 bits per heavy atom. The molecule has 0 aromatic heterocycles. The molecule has 0 spiro atoms. The Bertz CT molecular complexity index is 622. The predicted molar refractivity (Wildman–Crippen MR) is 77.4 cm³/mol. The number of hydrogen-bond donors (Lipinski definition) is 0. The summed E-state index contributed by atoms with van der Waals surface area (Å²) in [5, 5.41) is 0. The van der Waals surface area contributed by atoms with Crippen molar-refractivity contribution in [2.75, 3.05) is 4.90 Å². The van der Waals surface area contributed by atoms with Gasteiger partial charge in [0.15, 0.2) is 0 Å². The summed E-state index contributed by atoms with van der Waals surface area (Å²) in [6.45, 7) is 0. The van der Waals surface area contributed by atoms with Crippen LogP contribution in [0.25, 0.3) is 0 Å². The van der Waals surface area contributed by atoms with Gasteiger partial charge in [0.25, 0.3) is 0 Å². The molecule has 1 aliphatic heterocycles. The maximum Gasteiger partial charge on any atom is 0.241 e. The zero-order chi connectivity index (χ0) is 13.9. The molecule has 0 radical (unpaired) electrons. The van der Waals surface area contributed by atoms with E-state index >= 15 is 0 Å². The van der Waals surface area contributed by atoms with Crippen LogP contribution in [0.5, 0.6) is 0 Å².